The van der Waals surface area contributed by atoms with Gasteiger partial charge in [-0.25, -0.2) is 9.97 Å². The molecule has 0 fully saturated rings. The molecule has 0 aliphatic rings. The molecule has 0 bridgehead atoms. The van der Waals surface area contributed by atoms with E-state index in [1.54, 1.807) is 6.07 Å². The number of unbranched alkanes of at least 4 members (excludes halogenated alkanes) is 1. The SMILES string of the molecule is CCCCNc1nc(N)c2nc(Br)n(Cc3ccc(Cl)nc3Cl)c2n1. The number of hydrogen-bond acceptors (Lipinski definition) is 6. The predicted molar refractivity (Wildman–Crippen MR) is 104 cm³/mol. The van der Waals surface area contributed by atoms with Crippen molar-refractivity contribution in [3.05, 3.63) is 32.7 Å². The molecule has 0 aliphatic heterocycles. The summed E-state index contributed by atoms with van der Waals surface area (Å²) >= 11 is 15.5. The van der Waals surface area contributed by atoms with Crippen LogP contribution in [0.15, 0.2) is 16.9 Å². The summed E-state index contributed by atoms with van der Waals surface area (Å²) in [5.41, 5.74) is 7.99. The number of imidazole rings is 1. The molecule has 0 aliphatic carbocycles. The average Bonchev–Trinajstić information content (AvgIpc) is 2.87. The zero-order valence-electron chi connectivity index (χ0n) is 13.4. The van der Waals surface area contributed by atoms with E-state index in [9.17, 15) is 0 Å². The molecular weight excluding hydrogens is 429 g/mol. The molecule has 3 N–H and O–H groups in total. The summed E-state index contributed by atoms with van der Waals surface area (Å²) in [6.07, 6.45) is 2.10. The summed E-state index contributed by atoms with van der Waals surface area (Å²) in [6, 6.07) is 3.51. The summed E-state index contributed by atoms with van der Waals surface area (Å²) in [7, 11) is 0. The van der Waals surface area contributed by atoms with Crippen LogP contribution in [-0.2, 0) is 6.54 Å². The topological polar surface area (TPSA) is 94.5 Å². The minimum Gasteiger partial charge on any atom is -0.382 e. The first kappa shape index (κ1) is 18.2. The van der Waals surface area contributed by atoms with Gasteiger partial charge in [-0.3, -0.25) is 4.57 Å². The summed E-state index contributed by atoms with van der Waals surface area (Å²) < 4.78 is 2.44. The summed E-state index contributed by atoms with van der Waals surface area (Å²) in [5.74, 6) is 0.802. The number of anilines is 2. The maximum absolute atomic E-state index is 6.18. The Labute approximate surface area is 163 Å². The minimum atomic E-state index is 0.323. The molecule has 25 heavy (non-hydrogen) atoms. The lowest BCUT2D eigenvalue weighted by Crippen LogP contribution is -2.09. The minimum absolute atomic E-state index is 0.323. The first-order valence-corrected chi connectivity index (χ1v) is 9.28. The van der Waals surface area contributed by atoms with Crippen LogP contribution in [0.25, 0.3) is 11.2 Å². The van der Waals surface area contributed by atoms with E-state index in [0.717, 1.165) is 24.9 Å². The Balaban J connectivity index is 2.00. The van der Waals surface area contributed by atoms with Gasteiger partial charge in [0.2, 0.25) is 5.95 Å². The van der Waals surface area contributed by atoms with Crippen molar-refractivity contribution in [2.24, 2.45) is 0 Å². The summed E-state index contributed by atoms with van der Waals surface area (Å²) in [5, 5.41) is 3.87. The van der Waals surface area contributed by atoms with E-state index in [0.29, 0.717) is 44.5 Å². The summed E-state index contributed by atoms with van der Waals surface area (Å²) in [6.45, 7) is 3.32. The van der Waals surface area contributed by atoms with Crippen LogP contribution in [0.2, 0.25) is 10.3 Å². The number of nitrogens with zero attached hydrogens (tertiary/aromatic N) is 5. The van der Waals surface area contributed by atoms with Crippen LogP contribution < -0.4 is 11.1 Å². The molecule has 3 aromatic heterocycles. The van der Waals surface area contributed by atoms with Crippen molar-refractivity contribution in [1.29, 1.82) is 0 Å². The van der Waals surface area contributed by atoms with E-state index in [4.69, 9.17) is 28.9 Å². The Morgan fingerprint density at radius 2 is 2.00 bits per heavy atom. The van der Waals surface area contributed by atoms with Crippen molar-refractivity contribution in [1.82, 2.24) is 24.5 Å². The number of nitrogen functional groups attached to an aromatic ring is 1. The van der Waals surface area contributed by atoms with Crippen molar-refractivity contribution < 1.29 is 0 Å². The van der Waals surface area contributed by atoms with E-state index in [1.807, 2.05) is 10.6 Å². The molecule has 0 unspecified atom stereocenters. The zero-order valence-corrected chi connectivity index (χ0v) is 16.5. The van der Waals surface area contributed by atoms with Gasteiger partial charge in [0.15, 0.2) is 21.7 Å². The Morgan fingerprint density at radius 3 is 2.72 bits per heavy atom. The standard InChI is InChI=1S/C15H16BrCl2N7/c1-2-3-6-20-15-23-12(19)10-13(24-15)25(14(16)22-10)7-8-4-5-9(17)21-11(8)18/h4-5H,2-3,6-7H2,1H3,(H3,19,20,23,24). The number of rotatable bonds is 6. The molecule has 3 aromatic rings. The molecule has 10 heteroatoms. The second-order valence-corrected chi connectivity index (χ2v) is 6.89. The van der Waals surface area contributed by atoms with E-state index in [1.165, 1.54) is 0 Å². The molecule has 0 aromatic carbocycles. The Hall–Kier alpha value is -1.64. The normalized spacial score (nSPS) is 11.2. The molecule has 0 spiro atoms. The van der Waals surface area contributed by atoms with Gasteiger partial charge in [-0.15, -0.1) is 0 Å². The fourth-order valence-electron chi connectivity index (χ4n) is 2.32. The smallest absolute Gasteiger partial charge is 0.226 e. The van der Waals surface area contributed by atoms with E-state index >= 15 is 0 Å². The Morgan fingerprint density at radius 1 is 1.20 bits per heavy atom. The van der Waals surface area contributed by atoms with Crippen LogP contribution in [0.4, 0.5) is 11.8 Å². The maximum Gasteiger partial charge on any atom is 0.226 e. The van der Waals surface area contributed by atoms with Gasteiger partial charge in [0, 0.05) is 12.1 Å². The summed E-state index contributed by atoms with van der Waals surface area (Å²) in [4.78, 5) is 17.3. The van der Waals surface area contributed by atoms with Gasteiger partial charge >= 0.3 is 0 Å². The fraction of sp³-hybridized carbons (Fsp3) is 0.333. The Kier molecular flexibility index (Phi) is 5.61. The number of nitrogens with two attached hydrogens (primary N) is 1. The lowest BCUT2D eigenvalue weighted by atomic mass is 10.3. The average molecular weight is 445 g/mol. The van der Waals surface area contributed by atoms with Crippen LogP contribution in [0.1, 0.15) is 25.3 Å². The van der Waals surface area contributed by atoms with Gasteiger partial charge in [0.1, 0.15) is 10.3 Å². The zero-order chi connectivity index (χ0) is 18.0. The second kappa shape index (κ2) is 7.72. The van der Waals surface area contributed by atoms with Gasteiger partial charge in [0.05, 0.1) is 6.54 Å². The van der Waals surface area contributed by atoms with Gasteiger partial charge in [-0.1, -0.05) is 42.6 Å². The number of halogens is 3. The monoisotopic (exact) mass is 443 g/mol. The highest BCUT2D eigenvalue weighted by atomic mass is 79.9. The van der Waals surface area contributed by atoms with Crippen molar-refractivity contribution in [3.8, 4) is 0 Å². The molecular formula is C15H16BrCl2N7. The Bertz CT molecular complexity index is 913. The molecule has 0 atom stereocenters. The molecule has 0 radical (unpaired) electrons. The van der Waals surface area contributed by atoms with Gasteiger partial charge < -0.3 is 11.1 Å². The van der Waals surface area contributed by atoms with Gasteiger partial charge in [-0.2, -0.15) is 9.97 Å². The van der Waals surface area contributed by atoms with E-state index in [-0.39, 0.29) is 0 Å². The van der Waals surface area contributed by atoms with Crippen LogP contribution in [-0.4, -0.2) is 31.0 Å². The van der Waals surface area contributed by atoms with Crippen LogP contribution in [0.5, 0.6) is 0 Å². The van der Waals surface area contributed by atoms with Crippen LogP contribution >= 0.6 is 39.1 Å². The molecule has 0 saturated carbocycles. The largest absolute Gasteiger partial charge is 0.382 e. The van der Waals surface area contributed by atoms with Crippen molar-refractivity contribution in [3.63, 3.8) is 0 Å². The fourth-order valence-corrected chi connectivity index (χ4v) is 3.20. The lowest BCUT2D eigenvalue weighted by Gasteiger charge is -2.09. The number of pyridine rings is 1. The molecule has 3 rings (SSSR count). The molecule has 3 heterocycles. The van der Waals surface area contributed by atoms with Gasteiger partial charge in [-0.05, 0) is 28.4 Å². The molecule has 132 valence electrons. The van der Waals surface area contributed by atoms with Gasteiger partial charge in [0.25, 0.3) is 0 Å². The van der Waals surface area contributed by atoms with Crippen molar-refractivity contribution in [2.45, 2.75) is 26.3 Å². The first-order chi connectivity index (χ1) is 12.0. The third kappa shape index (κ3) is 3.96. The maximum atomic E-state index is 6.18. The number of aromatic nitrogens is 5. The molecule has 7 nitrogen and oxygen atoms in total. The number of fused-ring (bicyclic) bond motifs is 1. The highest BCUT2D eigenvalue weighted by Gasteiger charge is 2.16. The highest BCUT2D eigenvalue weighted by Crippen LogP contribution is 2.26. The quantitative estimate of drug-likeness (QED) is 0.337. The number of nitrogens with one attached hydrogen (secondary N) is 1. The molecule has 0 amide bonds. The van der Waals surface area contributed by atoms with E-state index < -0.39 is 0 Å². The highest BCUT2D eigenvalue weighted by molar-refractivity contribution is 9.10. The predicted octanol–water partition coefficient (Wildman–Crippen LogP) is 4.13. The molecule has 0 saturated heterocycles. The van der Waals surface area contributed by atoms with Crippen LogP contribution in [0, 0.1) is 0 Å². The first-order valence-electron chi connectivity index (χ1n) is 7.73. The third-order valence-corrected chi connectivity index (χ3v) is 4.75. The van der Waals surface area contributed by atoms with Crippen molar-refractivity contribution >= 4 is 62.1 Å². The second-order valence-electron chi connectivity index (χ2n) is 5.44. The van der Waals surface area contributed by atoms with E-state index in [2.05, 4.69) is 48.1 Å². The lowest BCUT2D eigenvalue weighted by molar-refractivity contribution is 0.785. The van der Waals surface area contributed by atoms with Crippen molar-refractivity contribution in [2.75, 3.05) is 17.6 Å². The third-order valence-electron chi connectivity index (χ3n) is 3.61. The van der Waals surface area contributed by atoms with Crippen LogP contribution in [0.3, 0.4) is 0 Å². The number of hydrogen-bond donors (Lipinski definition) is 2.